The summed E-state index contributed by atoms with van der Waals surface area (Å²) in [4.78, 5) is 22.5. The maximum absolute atomic E-state index is 11.5. The summed E-state index contributed by atoms with van der Waals surface area (Å²) >= 11 is 0. The van der Waals surface area contributed by atoms with Crippen molar-refractivity contribution in [1.82, 2.24) is 5.32 Å². The van der Waals surface area contributed by atoms with E-state index in [9.17, 15) is 9.59 Å². The van der Waals surface area contributed by atoms with E-state index in [1.54, 1.807) is 0 Å². The van der Waals surface area contributed by atoms with Crippen LogP contribution in [-0.2, 0) is 14.3 Å². The molecule has 0 radical (unpaired) electrons. The van der Waals surface area contributed by atoms with Gasteiger partial charge in [0.15, 0.2) is 0 Å². The summed E-state index contributed by atoms with van der Waals surface area (Å²) < 4.78 is 5.05. The molecule has 0 bridgehead atoms. The molecule has 2 N–H and O–H groups in total. The van der Waals surface area contributed by atoms with Gasteiger partial charge in [0.05, 0.1) is 12.6 Å². The van der Waals surface area contributed by atoms with Crippen molar-refractivity contribution in [3.05, 3.63) is 29.8 Å². The van der Waals surface area contributed by atoms with Crippen LogP contribution in [0.5, 0.6) is 0 Å². The zero-order valence-electron chi connectivity index (χ0n) is 12.4. The fourth-order valence-corrected chi connectivity index (χ4v) is 1.75. The third kappa shape index (κ3) is 5.84. The summed E-state index contributed by atoms with van der Waals surface area (Å²) in [7, 11) is 0. The van der Waals surface area contributed by atoms with Crippen LogP contribution in [-0.4, -0.2) is 24.5 Å². The maximum atomic E-state index is 11.5. The average Bonchev–Trinajstić information content (AvgIpc) is 2.34. The van der Waals surface area contributed by atoms with Gasteiger partial charge in [0.1, 0.15) is 0 Å². The van der Waals surface area contributed by atoms with Gasteiger partial charge >= 0.3 is 5.97 Å². The number of carbonyl (C=O) groups is 2. The van der Waals surface area contributed by atoms with Gasteiger partial charge < -0.3 is 15.4 Å². The Morgan fingerprint density at radius 1 is 1.25 bits per heavy atom. The summed E-state index contributed by atoms with van der Waals surface area (Å²) in [6.07, 6.45) is -0.109. The highest BCUT2D eigenvalue weighted by Crippen LogP contribution is 2.17. The zero-order valence-corrected chi connectivity index (χ0v) is 12.4. The highest BCUT2D eigenvalue weighted by molar-refractivity contribution is 5.88. The highest BCUT2D eigenvalue weighted by Gasteiger charge is 2.10. The van der Waals surface area contributed by atoms with Crippen LogP contribution < -0.4 is 10.6 Å². The van der Waals surface area contributed by atoms with Gasteiger partial charge in [0.25, 0.3) is 0 Å². The summed E-state index contributed by atoms with van der Waals surface area (Å²) in [6, 6.07) is 7.50. The van der Waals surface area contributed by atoms with Crippen molar-refractivity contribution in [1.29, 1.82) is 0 Å². The molecular formula is C15H22N2O3. The van der Waals surface area contributed by atoms with Crippen LogP contribution in [0, 0.1) is 0 Å². The second kappa shape index (κ2) is 7.65. The standard InChI is InChI=1S/C15H22N2O3/c1-10(2)20-15(19)9-16-11(3)13-6-5-7-14(8-13)17-12(4)18/h5-8,10-11,16H,9H2,1-4H3,(H,17,18). The first-order valence-corrected chi connectivity index (χ1v) is 6.69. The number of nitrogens with one attached hydrogen (secondary N) is 2. The van der Waals surface area contributed by atoms with E-state index in [0.717, 1.165) is 11.3 Å². The minimum Gasteiger partial charge on any atom is -0.462 e. The number of ether oxygens (including phenoxy) is 1. The highest BCUT2D eigenvalue weighted by atomic mass is 16.5. The van der Waals surface area contributed by atoms with Gasteiger partial charge in [0, 0.05) is 18.7 Å². The Kier molecular flexibility index (Phi) is 6.18. The molecule has 1 unspecified atom stereocenters. The molecule has 0 aromatic heterocycles. The fraction of sp³-hybridized carbons (Fsp3) is 0.467. The Labute approximate surface area is 119 Å². The minimum atomic E-state index is -0.273. The van der Waals surface area contributed by atoms with Crippen LogP contribution in [0.2, 0.25) is 0 Å². The van der Waals surface area contributed by atoms with Crippen molar-refractivity contribution in [3.8, 4) is 0 Å². The molecule has 5 heteroatoms. The molecule has 0 fully saturated rings. The Bertz CT molecular complexity index is 472. The molecular weight excluding hydrogens is 256 g/mol. The Hall–Kier alpha value is -1.88. The Balaban J connectivity index is 2.56. The van der Waals surface area contributed by atoms with E-state index in [4.69, 9.17) is 4.74 Å². The molecule has 1 aromatic rings. The van der Waals surface area contributed by atoms with Crippen LogP contribution in [0.25, 0.3) is 0 Å². The normalized spacial score (nSPS) is 12.1. The van der Waals surface area contributed by atoms with Crippen LogP contribution >= 0.6 is 0 Å². The molecule has 0 saturated heterocycles. The van der Waals surface area contributed by atoms with Crippen molar-refractivity contribution < 1.29 is 14.3 Å². The predicted molar refractivity (Wildman–Crippen MR) is 78.4 cm³/mol. The number of hydrogen-bond acceptors (Lipinski definition) is 4. The van der Waals surface area contributed by atoms with Crippen molar-refractivity contribution in [2.45, 2.75) is 39.8 Å². The van der Waals surface area contributed by atoms with Crippen molar-refractivity contribution in [3.63, 3.8) is 0 Å². The molecule has 0 spiro atoms. The topological polar surface area (TPSA) is 67.4 Å². The number of rotatable bonds is 6. The number of esters is 1. The average molecular weight is 278 g/mol. The quantitative estimate of drug-likeness (QED) is 0.783. The lowest BCUT2D eigenvalue weighted by molar-refractivity contribution is -0.146. The molecule has 1 rings (SSSR count). The lowest BCUT2D eigenvalue weighted by Crippen LogP contribution is -2.28. The molecule has 1 amide bonds. The third-order valence-corrected chi connectivity index (χ3v) is 2.63. The molecule has 0 aliphatic rings. The number of benzene rings is 1. The Morgan fingerprint density at radius 3 is 2.55 bits per heavy atom. The molecule has 110 valence electrons. The molecule has 0 heterocycles. The van der Waals surface area contributed by atoms with Crippen LogP contribution in [0.1, 0.15) is 39.3 Å². The molecule has 1 aromatic carbocycles. The van der Waals surface area contributed by atoms with Gasteiger partial charge in [-0.1, -0.05) is 12.1 Å². The summed E-state index contributed by atoms with van der Waals surface area (Å²) in [5.74, 6) is -0.381. The second-order valence-electron chi connectivity index (χ2n) is 4.95. The fourth-order valence-electron chi connectivity index (χ4n) is 1.75. The second-order valence-corrected chi connectivity index (χ2v) is 4.95. The van der Waals surface area contributed by atoms with Gasteiger partial charge in [0.2, 0.25) is 5.91 Å². The number of carbonyl (C=O) groups excluding carboxylic acids is 2. The summed E-state index contributed by atoms with van der Waals surface area (Å²) in [6.45, 7) is 7.21. The van der Waals surface area contributed by atoms with E-state index in [0.29, 0.717) is 0 Å². The molecule has 0 saturated carbocycles. The first-order valence-electron chi connectivity index (χ1n) is 6.69. The maximum Gasteiger partial charge on any atom is 0.320 e. The Morgan fingerprint density at radius 2 is 1.95 bits per heavy atom. The molecule has 0 aliphatic heterocycles. The number of hydrogen-bond donors (Lipinski definition) is 2. The van der Waals surface area contributed by atoms with E-state index >= 15 is 0 Å². The van der Waals surface area contributed by atoms with Gasteiger partial charge in [-0.3, -0.25) is 9.59 Å². The lowest BCUT2D eigenvalue weighted by atomic mass is 10.1. The van der Waals surface area contributed by atoms with Gasteiger partial charge in [-0.15, -0.1) is 0 Å². The van der Waals surface area contributed by atoms with E-state index < -0.39 is 0 Å². The van der Waals surface area contributed by atoms with E-state index in [1.165, 1.54) is 6.92 Å². The van der Waals surface area contributed by atoms with Gasteiger partial charge in [-0.25, -0.2) is 0 Å². The third-order valence-electron chi connectivity index (χ3n) is 2.63. The van der Waals surface area contributed by atoms with Crippen LogP contribution in [0.3, 0.4) is 0 Å². The van der Waals surface area contributed by atoms with Gasteiger partial charge in [-0.05, 0) is 38.5 Å². The SMILES string of the molecule is CC(=O)Nc1cccc(C(C)NCC(=O)OC(C)C)c1. The predicted octanol–water partition coefficient (Wildman–Crippen LogP) is 2.25. The molecule has 20 heavy (non-hydrogen) atoms. The largest absolute Gasteiger partial charge is 0.462 e. The molecule has 1 atom stereocenters. The smallest absolute Gasteiger partial charge is 0.320 e. The monoisotopic (exact) mass is 278 g/mol. The number of anilines is 1. The van der Waals surface area contributed by atoms with Gasteiger partial charge in [-0.2, -0.15) is 0 Å². The lowest BCUT2D eigenvalue weighted by Gasteiger charge is -2.15. The molecule has 0 aliphatic carbocycles. The van der Waals surface area contributed by atoms with Crippen molar-refractivity contribution >= 4 is 17.6 Å². The van der Waals surface area contributed by atoms with E-state index in [1.807, 2.05) is 45.0 Å². The first-order chi connectivity index (χ1) is 9.38. The van der Waals surface area contributed by atoms with Crippen molar-refractivity contribution in [2.75, 3.05) is 11.9 Å². The van der Waals surface area contributed by atoms with Crippen LogP contribution in [0.15, 0.2) is 24.3 Å². The zero-order chi connectivity index (χ0) is 15.1. The van der Waals surface area contributed by atoms with Crippen molar-refractivity contribution in [2.24, 2.45) is 0 Å². The van der Waals surface area contributed by atoms with E-state index in [2.05, 4.69) is 10.6 Å². The first kappa shape index (κ1) is 16.2. The number of amides is 1. The molecule has 5 nitrogen and oxygen atoms in total. The van der Waals surface area contributed by atoms with Crippen LogP contribution in [0.4, 0.5) is 5.69 Å². The van der Waals surface area contributed by atoms with E-state index in [-0.39, 0.29) is 30.6 Å². The minimum absolute atomic E-state index is 0.0107. The summed E-state index contributed by atoms with van der Waals surface area (Å²) in [5, 5.41) is 5.83. The summed E-state index contributed by atoms with van der Waals surface area (Å²) in [5.41, 5.74) is 1.74.